The van der Waals surface area contributed by atoms with Crippen LogP contribution in [0.4, 0.5) is 4.79 Å². The van der Waals surface area contributed by atoms with Crippen LogP contribution in [0.25, 0.3) is 0 Å². The predicted molar refractivity (Wildman–Crippen MR) is 64.8 cm³/mol. The third kappa shape index (κ3) is 2.22. The summed E-state index contributed by atoms with van der Waals surface area (Å²) in [6, 6.07) is 1.21. The maximum atomic E-state index is 11.9. The molecule has 106 valence electrons. The lowest BCUT2D eigenvalue weighted by molar-refractivity contribution is -0.143. The normalized spacial score (nSPS) is 21.8. The molecule has 20 heavy (non-hydrogen) atoms. The van der Waals surface area contributed by atoms with Gasteiger partial charge in [-0.15, -0.1) is 0 Å². The fourth-order valence-corrected chi connectivity index (χ4v) is 2.11. The fourth-order valence-electron chi connectivity index (χ4n) is 2.11. The van der Waals surface area contributed by atoms with Gasteiger partial charge in [0.2, 0.25) is 5.91 Å². The number of nitrogens with zero attached hydrogens (tertiary/aromatic N) is 3. The van der Waals surface area contributed by atoms with E-state index in [1.165, 1.54) is 7.05 Å². The molecule has 2 fully saturated rings. The molecule has 1 heterocycles. The van der Waals surface area contributed by atoms with Crippen LogP contribution in [0.3, 0.4) is 0 Å². The van der Waals surface area contributed by atoms with E-state index < -0.39 is 35.8 Å². The number of imide groups is 2. The highest BCUT2D eigenvalue weighted by molar-refractivity contribution is 6.44. The summed E-state index contributed by atoms with van der Waals surface area (Å²) in [6.07, 6.45) is 1.71. The van der Waals surface area contributed by atoms with Crippen molar-refractivity contribution < 1.29 is 19.2 Å². The Labute approximate surface area is 115 Å². The highest BCUT2D eigenvalue weighted by Gasteiger charge is 2.46. The van der Waals surface area contributed by atoms with Gasteiger partial charge in [-0.1, -0.05) is 0 Å². The second-order valence-electron chi connectivity index (χ2n) is 5.17. The van der Waals surface area contributed by atoms with E-state index in [4.69, 9.17) is 5.26 Å². The summed E-state index contributed by atoms with van der Waals surface area (Å²) in [4.78, 5) is 47.5. The van der Waals surface area contributed by atoms with Gasteiger partial charge in [-0.05, 0) is 25.7 Å². The maximum absolute atomic E-state index is 11.9. The van der Waals surface area contributed by atoms with E-state index in [1.54, 1.807) is 6.92 Å². The zero-order chi connectivity index (χ0) is 15.1. The number of carbonyl (C=O) groups excluding carboxylic acids is 4. The van der Waals surface area contributed by atoms with E-state index in [-0.39, 0.29) is 5.92 Å². The van der Waals surface area contributed by atoms with Gasteiger partial charge in [0.05, 0.1) is 6.07 Å². The monoisotopic (exact) mass is 278 g/mol. The van der Waals surface area contributed by atoms with Crippen LogP contribution in [0.5, 0.6) is 0 Å². The van der Waals surface area contributed by atoms with Gasteiger partial charge < -0.3 is 5.32 Å². The molecule has 0 radical (unpaired) electrons. The molecule has 2 rings (SSSR count). The highest BCUT2D eigenvalue weighted by atomic mass is 16.2. The predicted octanol–water partition coefficient (Wildman–Crippen LogP) is -0.785. The molecule has 0 spiro atoms. The van der Waals surface area contributed by atoms with Crippen molar-refractivity contribution >= 4 is 23.8 Å². The molecular weight excluding hydrogens is 264 g/mol. The summed E-state index contributed by atoms with van der Waals surface area (Å²) in [5.74, 6) is -2.54. The van der Waals surface area contributed by atoms with Crippen molar-refractivity contribution in [2.45, 2.75) is 25.3 Å². The van der Waals surface area contributed by atoms with Gasteiger partial charge in [0.25, 0.3) is 0 Å². The summed E-state index contributed by atoms with van der Waals surface area (Å²) in [5.41, 5.74) is -1.00. The summed E-state index contributed by atoms with van der Waals surface area (Å²) >= 11 is 0. The molecule has 0 unspecified atom stereocenters. The van der Waals surface area contributed by atoms with Crippen molar-refractivity contribution in [2.75, 3.05) is 13.6 Å². The molecule has 1 aliphatic carbocycles. The molecule has 1 atom stereocenters. The molecule has 1 N–H and O–H groups in total. The van der Waals surface area contributed by atoms with Crippen LogP contribution in [0.15, 0.2) is 0 Å². The molecule has 1 saturated heterocycles. The Hall–Kier alpha value is -2.43. The van der Waals surface area contributed by atoms with E-state index in [0.29, 0.717) is 9.80 Å². The smallest absolute Gasteiger partial charge is 0.334 e. The molecule has 0 aromatic carbocycles. The van der Waals surface area contributed by atoms with Gasteiger partial charge in [0.1, 0.15) is 12.1 Å². The molecule has 1 aliphatic heterocycles. The number of likely N-dealkylation sites (N-methyl/N-ethyl adjacent to an activating group) is 1. The Morgan fingerprint density at radius 1 is 1.40 bits per heavy atom. The van der Waals surface area contributed by atoms with E-state index in [1.807, 2.05) is 6.07 Å². The van der Waals surface area contributed by atoms with Crippen LogP contribution >= 0.6 is 0 Å². The minimum absolute atomic E-state index is 0.0886. The first-order valence-corrected chi connectivity index (χ1v) is 6.16. The first kappa shape index (κ1) is 14.0. The van der Waals surface area contributed by atoms with Gasteiger partial charge in [-0.2, -0.15) is 5.26 Å². The van der Waals surface area contributed by atoms with Gasteiger partial charge in [0.15, 0.2) is 0 Å². The van der Waals surface area contributed by atoms with Crippen LogP contribution in [0, 0.1) is 17.2 Å². The molecule has 5 amide bonds. The van der Waals surface area contributed by atoms with Crippen LogP contribution < -0.4 is 5.32 Å². The van der Waals surface area contributed by atoms with Crippen molar-refractivity contribution in [1.82, 2.24) is 15.1 Å². The zero-order valence-electron chi connectivity index (χ0n) is 11.2. The molecule has 1 saturated carbocycles. The summed E-state index contributed by atoms with van der Waals surface area (Å²) in [5, 5.41) is 11.6. The highest BCUT2D eigenvalue weighted by Crippen LogP contribution is 2.39. The third-order valence-corrected chi connectivity index (χ3v) is 3.58. The van der Waals surface area contributed by atoms with Crippen LogP contribution in [-0.2, 0) is 14.4 Å². The van der Waals surface area contributed by atoms with Crippen molar-refractivity contribution in [2.24, 2.45) is 5.92 Å². The number of nitrogens with one attached hydrogen (secondary N) is 1. The SMILES string of the molecule is CN1C(=O)C(=O)N(CC(=O)N[C@@](C)(C#N)C2CC2)C1=O. The standard InChI is InChI=1S/C12H14N4O4/c1-12(6-13,7-3-4-7)14-8(17)5-16-10(19)9(18)15(2)11(16)20/h7H,3-5H2,1-2H3,(H,14,17)/t12-/m0/s1. The largest absolute Gasteiger partial charge is 0.336 e. The summed E-state index contributed by atoms with van der Waals surface area (Å²) < 4.78 is 0. The molecule has 0 aromatic heterocycles. The summed E-state index contributed by atoms with van der Waals surface area (Å²) in [6.45, 7) is 1.05. The number of urea groups is 1. The molecule has 2 aliphatic rings. The van der Waals surface area contributed by atoms with Crippen LogP contribution in [0.1, 0.15) is 19.8 Å². The second kappa shape index (κ2) is 4.59. The zero-order valence-corrected chi connectivity index (χ0v) is 11.2. The van der Waals surface area contributed by atoms with Gasteiger partial charge in [-0.25, -0.2) is 9.69 Å². The van der Waals surface area contributed by atoms with E-state index in [2.05, 4.69) is 5.32 Å². The maximum Gasteiger partial charge on any atom is 0.334 e. The lowest BCUT2D eigenvalue weighted by atomic mass is 9.98. The van der Waals surface area contributed by atoms with Crippen molar-refractivity contribution in [1.29, 1.82) is 5.26 Å². The minimum atomic E-state index is -1.03. The number of hydrogen-bond donors (Lipinski definition) is 1. The number of hydrogen-bond acceptors (Lipinski definition) is 5. The van der Waals surface area contributed by atoms with Gasteiger partial charge in [0, 0.05) is 7.05 Å². The van der Waals surface area contributed by atoms with Crippen molar-refractivity contribution in [3.63, 3.8) is 0 Å². The molecule has 0 bridgehead atoms. The quantitative estimate of drug-likeness (QED) is 0.535. The molecule has 8 nitrogen and oxygen atoms in total. The second-order valence-corrected chi connectivity index (χ2v) is 5.17. The van der Waals surface area contributed by atoms with E-state index in [9.17, 15) is 19.2 Å². The van der Waals surface area contributed by atoms with Gasteiger partial charge >= 0.3 is 17.8 Å². The minimum Gasteiger partial charge on any atom is -0.336 e. The lowest BCUT2D eigenvalue weighted by Crippen LogP contribution is -2.51. The molecular formula is C12H14N4O4. The Morgan fingerprint density at radius 3 is 2.40 bits per heavy atom. The Bertz CT molecular complexity index is 548. The third-order valence-electron chi connectivity index (χ3n) is 3.58. The molecule has 8 heteroatoms. The number of amides is 5. The van der Waals surface area contributed by atoms with Gasteiger partial charge in [-0.3, -0.25) is 19.3 Å². The van der Waals surface area contributed by atoms with Crippen molar-refractivity contribution in [3.8, 4) is 6.07 Å². The first-order valence-electron chi connectivity index (χ1n) is 6.16. The fraction of sp³-hybridized carbons (Fsp3) is 0.583. The average molecular weight is 278 g/mol. The van der Waals surface area contributed by atoms with Crippen LogP contribution in [-0.4, -0.2) is 52.7 Å². The average Bonchev–Trinajstić information content (AvgIpc) is 3.23. The molecule has 0 aromatic rings. The van der Waals surface area contributed by atoms with E-state index >= 15 is 0 Å². The Morgan fingerprint density at radius 2 is 2.00 bits per heavy atom. The Balaban J connectivity index is 2.02. The Kier molecular flexibility index (Phi) is 3.21. The topological polar surface area (TPSA) is 111 Å². The number of nitriles is 1. The number of carbonyl (C=O) groups is 4. The first-order chi connectivity index (χ1) is 9.30. The summed E-state index contributed by atoms with van der Waals surface area (Å²) in [7, 11) is 1.17. The van der Waals surface area contributed by atoms with Crippen LogP contribution in [0.2, 0.25) is 0 Å². The lowest BCUT2D eigenvalue weighted by Gasteiger charge is -2.23. The number of rotatable bonds is 4. The van der Waals surface area contributed by atoms with Crippen molar-refractivity contribution in [3.05, 3.63) is 0 Å². The van der Waals surface area contributed by atoms with E-state index in [0.717, 1.165) is 12.8 Å².